The lowest BCUT2D eigenvalue weighted by atomic mass is 10.0. The molecule has 4 aromatic rings. The van der Waals surface area contributed by atoms with Crippen molar-refractivity contribution in [1.29, 1.82) is 0 Å². The fourth-order valence-electron chi connectivity index (χ4n) is 3.83. The molecule has 3 heterocycles. The van der Waals surface area contributed by atoms with Crippen LogP contribution in [0.25, 0.3) is 22.6 Å². The number of pyridine rings is 1. The van der Waals surface area contributed by atoms with Gasteiger partial charge in [0.25, 0.3) is 0 Å². The number of imidazole rings is 1. The van der Waals surface area contributed by atoms with Crippen LogP contribution in [0.4, 0.5) is 0 Å². The van der Waals surface area contributed by atoms with Crippen LogP contribution >= 0.6 is 11.6 Å². The first kappa shape index (κ1) is 22.0. The first-order chi connectivity index (χ1) is 15.5. The molecule has 1 unspecified atom stereocenters. The highest BCUT2D eigenvalue weighted by Crippen LogP contribution is 2.28. The second kappa shape index (κ2) is 9.48. The van der Waals surface area contributed by atoms with E-state index in [9.17, 15) is 4.79 Å². The van der Waals surface area contributed by atoms with Crippen molar-refractivity contribution in [1.82, 2.24) is 34.7 Å². The summed E-state index contributed by atoms with van der Waals surface area (Å²) >= 11 is 6.64. The van der Waals surface area contributed by atoms with Gasteiger partial charge in [-0.3, -0.25) is 14.1 Å². The fourth-order valence-corrected chi connectivity index (χ4v) is 4.27. The summed E-state index contributed by atoms with van der Waals surface area (Å²) < 4.78 is 3.52. The highest BCUT2D eigenvalue weighted by Gasteiger charge is 2.21. The molecule has 0 spiro atoms. The maximum atomic E-state index is 13.2. The van der Waals surface area contributed by atoms with Crippen molar-refractivity contribution in [3.05, 3.63) is 69.5 Å². The maximum absolute atomic E-state index is 13.2. The van der Waals surface area contributed by atoms with Crippen LogP contribution in [0.3, 0.4) is 0 Å². The van der Waals surface area contributed by atoms with Crippen LogP contribution in [-0.4, -0.2) is 34.7 Å². The summed E-state index contributed by atoms with van der Waals surface area (Å²) in [6.07, 6.45) is 4.27. The average Bonchev–Trinajstić information content (AvgIpc) is 3.43. The fraction of sp³-hybridized carbons (Fsp3) is 0.348. The Hall–Kier alpha value is -3.26. The average molecular weight is 452 g/mol. The number of hydrogen-bond donors (Lipinski definition) is 1. The van der Waals surface area contributed by atoms with E-state index in [4.69, 9.17) is 11.6 Å². The molecule has 32 heavy (non-hydrogen) atoms. The van der Waals surface area contributed by atoms with Crippen LogP contribution in [0.2, 0.25) is 5.15 Å². The maximum Gasteiger partial charge on any atom is 0.330 e. The molecule has 0 saturated heterocycles. The first-order valence-electron chi connectivity index (χ1n) is 10.8. The van der Waals surface area contributed by atoms with Gasteiger partial charge in [0.05, 0.1) is 17.9 Å². The molecule has 4 rings (SSSR count). The SMILES string of the molecule is CCCc1c(Cl)n(C(C)CC)c(=O)n1Cc1ccc(-c2ncccc2-c2nnn[nH]2)cc1. The summed E-state index contributed by atoms with van der Waals surface area (Å²) in [6.45, 7) is 6.65. The normalized spacial score (nSPS) is 12.2. The third-order valence-electron chi connectivity index (χ3n) is 5.71. The van der Waals surface area contributed by atoms with Crippen molar-refractivity contribution in [3.8, 4) is 22.6 Å². The molecule has 0 bridgehead atoms. The Labute approximate surface area is 191 Å². The summed E-state index contributed by atoms with van der Waals surface area (Å²) in [5, 5.41) is 14.7. The van der Waals surface area contributed by atoms with E-state index in [1.807, 2.05) is 43.3 Å². The summed E-state index contributed by atoms with van der Waals surface area (Å²) in [6, 6.07) is 11.9. The van der Waals surface area contributed by atoms with Gasteiger partial charge in [-0.25, -0.2) is 9.89 Å². The van der Waals surface area contributed by atoms with E-state index < -0.39 is 0 Å². The van der Waals surface area contributed by atoms with E-state index in [2.05, 4.69) is 39.5 Å². The third-order valence-corrected chi connectivity index (χ3v) is 6.11. The summed E-state index contributed by atoms with van der Waals surface area (Å²) in [7, 11) is 0. The van der Waals surface area contributed by atoms with E-state index in [0.29, 0.717) is 17.5 Å². The number of nitrogens with one attached hydrogen (secondary N) is 1. The van der Waals surface area contributed by atoms with Gasteiger partial charge in [0, 0.05) is 23.4 Å². The zero-order valence-electron chi connectivity index (χ0n) is 18.4. The standard InChI is InChI=1S/C23H26ClN7O/c1-4-7-19-21(24)31(15(3)5-2)23(32)30(19)14-16-9-11-17(12-10-16)20-18(8-6-13-25-20)22-26-28-29-27-22/h6,8-13,15H,4-5,7,14H2,1-3H3,(H,26,27,28,29). The molecule has 1 atom stereocenters. The minimum Gasteiger partial charge on any atom is -0.290 e. The van der Waals surface area contributed by atoms with Crippen LogP contribution in [0.5, 0.6) is 0 Å². The van der Waals surface area contributed by atoms with Gasteiger partial charge in [-0.1, -0.05) is 56.1 Å². The topological polar surface area (TPSA) is 94.3 Å². The molecule has 166 valence electrons. The lowest BCUT2D eigenvalue weighted by Gasteiger charge is -2.10. The lowest BCUT2D eigenvalue weighted by Crippen LogP contribution is -2.27. The Morgan fingerprint density at radius 3 is 2.59 bits per heavy atom. The molecule has 0 radical (unpaired) electrons. The van der Waals surface area contributed by atoms with Crippen molar-refractivity contribution in [2.75, 3.05) is 0 Å². The highest BCUT2D eigenvalue weighted by atomic mass is 35.5. The van der Waals surface area contributed by atoms with Gasteiger partial charge in [-0.05, 0) is 47.9 Å². The molecule has 0 saturated carbocycles. The van der Waals surface area contributed by atoms with E-state index >= 15 is 0 Å². The van der Waals surface area contributed by atoms with Crippen molar-refractivity contribution in [2.24, 2.45) is 0 Å². The molecule has 0 fully saturated rings. The molecule has 0 amide bonds. The molecular weight excluding hydrogens is 426 g/mol. The molecule has 9 heteroatoms. The van der Waals surface area contributed by atoms with Gasteiger partial charge in [0.1, 0.15) is 5.15 Å². The summed E-state index contributed by atoms with van der Waals surface area (Å²) in [5.74, 6) is 0.564. The number of aromatic nitrogens is 7. The quantitative estimate of drug-likeness (QED) is 0.425. The predicted octanol–water partition coefficient (Wildman–Crippen LogP) is 4.52. The summed E-state index contributed by atoms with van der Waals surface area (Å²) in [5.41, 5.74) is 4.41. The molecule has 3 aromatic heterocycles. The predicted molar refractivity (Wildman–Crippen MR) is 125 cm³/mol. The Morgan fingerprint density at radius 2 is 1.94 bits per heavy atom. The van der Waals surface area contributed by atoms with E-state index in [1.165, 1.54) is 0 Å². The Balaban J connectivity index is 1.67. The lowest BCUT2D eigenvalue weighted by molar-refractivity contribution is 0.505. The van der Waals surface area contributed by atoms with Gasteiger partial charge in [-0.2, -0.15) is 0 Å². The largest absolute Gasteiger partial charge is 0.330 e. The zero-order chi connectivity index (χ0) is 22.7. The number of rotatable bonds is 8. The van der Waals surface area contributed by atoms with Crippen LogP contribution < -0.4 is 5.69 Å². The van der Waals surface area contributed by atoms with Crippen molar-refractivity contribution < 1.29 is 0 Å². The zero-order valence-corrected chi connectivity index (χ0v) is 19.2. The van der Waals surface area contributed by atoms with Crippen LogP contribution in [0.1, 0.15) is 50.9 Å². The van der Waals surface area contributed by atoms with E-state index in [1.54, 1.807) is 15.3 Å². The van der Waals surface area contributed by atoms with E-state index in [-0.39, 0.29) is 11.7 Å². The number of benzene rings is 1. The summed E-state index contributed by atoms with van der Waals surface area (Å²) in [4.78, 5) is 17.7. The van der Waals surface area contributed by atoms with Crippen LogP contribution in [0, 0.1) is 0 Å². The number of tetrazole rings is 1. The number of H-pyrrole nitrogens is 1. The smallest absolute Gasteiger partial charge is 0.290 e. The number of aromatic amines is 1. The molecule has 0 aliphatic rings. The third kappa shape index (κ3) is 4.10. The Bertz CT molecular complexity index is 1240. The molecular formula is C23H26ClN7O. The van der Waals surface area contributed by atoms with Crippen LogP contribution in [-0.2, 0) is 13.0 Å². The van der Waals surface area contributed by atoms with Gasteiger partial charge in [-0.15, -0.1) is 5.10 Å². The van der Waals surface area contributed by atoms with Gasteiger partial charge in [0.15, 0.2) is 5.82 Å². The van der Waals surface area contributed by atoms with Gasteiger partial charge < -0.3 is 0 Å². The first-order valence-corrected chi connectivity index (χ1v) is 11.2. The Morgan fingerprint density at radius 1 is 1.16 bits per heavy atom. The van der Waals surface area contributed by atoms with Gasteiger partial charge >= 0.3 is 5.69 Å². The Kier molecular flexibility index (Phi) is 6.50. The molecule has 1 aromatic carbocycles. The monoisotopic (exact) mass is 451 g/mol. The number of halogens is 1. The minimum atomic E-state index is -0.0540. The van der Waals surface area contributed by atoms with E-state index in [0.717, 1.165) is 47.3 Å². The van der Waals surface area contributed by atoms with Crippen LogP contribution in [0.15, 0.2) is 47.4 Å². The van der Waals surface area contributed by atoms with Gasteiger partial charge in [0.2, 0.25) is 0 Å². The number of hydrogen-bond acceptors (Lipinski definition) is 5. The minimum absolute atomic E-state index is 0.0540. The van der Waals surface area contributed by atoms with Crippen molar-refractivity contribution in [2.45, 2.75) is 52.6 Å². The highest BCUT2D eigenvalue weighted by molar-refractivity contribution is 6.30. The molecule has 8 nitrogen and oxygen atoms in total. The second-order valence-electron chi connectivity index (χ2n) is 7.83. The van der Waals surface area contributed by atoms with Crippen molar-refractivity contribution in [3.63, 3.8) is 0 Å². The molecule has 0 aliphatic carbocycles. The molecule has 1 N–H and O–H groups in total. The molecule has 0 aliphatic heterocycles. The number of nitrogens with zero attached hydrogens (tertiary/aromatic N) is 6. The second-order valence-corrected chi connectivity index (χ2v) is 8.19. The van der Waals surface area contributed by atoms with Crippen molar-refractivity contribution >= 4 is 11.6 Å².